The van der Waals surface area contributed by atoms with Gasteiger partial charge in [0.05, 0.1) is 0 Å². The molecule has 9 heavy (non-hydrogen) atoms. The van der Waals surface area contributed by atoms with E-state index in [9.17, 15) is 0 Å². The normalized spacial score (nSPS) is 14.7. The highest BCUT2D eigenvalue weighted by Crippen LogP contribution is 2.50. The van der Waals surface area contributed by atoms with E-state index in [0.717, 1.165) is 33.5 Å². The summed E-state index contributed by atoms with van der Waals surface area (Å²) in [7, 11) is 0. The van der Waals surface area contributed by atoms with Crippen LogP contribution in [0.4, 0.5) is 0 Å². The Morgan fingerprint density at radius 3 is 0.889 bits per heavy atom. The van der Waals surface area contributed by atoms with Crippen molar-refractivity contribution in [1.29, 1.82) is 0 Å². The van der Waals surface area contributed by atoms with Gasteiger partial charge in [0.15, 0.2) is 0 Å². The smallest absolute Gasteiger partial charge is 0.220 e. The van der Waals surface area contributed by atoms with E-state index < -0.39 is 0 Å². The molecule has 0 bridgehead atoms. The average Bonchev–Trinajstić information content (AvgIpc) is 2.64. The summed E-state index contributed by atoms with van der Waals surface area (Å²) in [6, 6.07) is 0. The first kappa shape index (κ1) is 2.96. The Morgan fingerprint density at radius 1 is 0.444 bits per heavy atom. The highest BCUT2D eigenvalue weighted by Gasteiger charge is 2.34. The van der Waals surface area contributed by atoms with Crippen LogP contribution in [-0.4, -0.2) is 0 Å². The molecule has 0 fully saturated rings. The summed E-state index contributed by atoms with van der Waals surface area (Å²) in [6.07, 6.45) is 0. The zero-order chi connectivity index (χ0) is 5.59. The third-order valence-electron chi connectivity index (χ3n) is 1.72. The molecule has 0 radical (unpaired) electrons. The van der Waals surface area contributed by atoms with Crippen molar-refractivity contribution in [2.75, 3.05) is 0 Å². The van der Waals surface area contributed by atoms with Gasteiger partial charge in [-0.25, -0.2) is 0 Å². The molecule has 3 nitrogen and oxygen atoms in total. The van der Waals surface area contributed by atoms with Gasteiger partial charge in [-0.3, -0.25) is 0 Å². The minimum absolute atomic E-state index is 0.890. The molecule has 0 atom stereocenters. The first-order valence-electron chi connectivity index (χ1n) is 2.72. The first-order chi connectivity index (χ1) is 4.45. The Balaban J connectivity index is 2.75. The SMILES string of the molecule is o1c2c3oc3c3oc3c12. The van der Waals surface area contributed by atoms with E-state index >= 15 is 0 Å². The lowest BCUT2D eigenvalue weighted by Crippen LogP contribution is -1.34. The van der Waals surface area contributed by atoms with Crippen LogP contribution < -0.4 is 0 Å². The van der Waals surface area contributed by atoms with Gasteiger partial charge in [-0.1, -0.05) is 0 Å². The monoisotopic (exact) mass is 120 g/mol. The summed E-state index contributed by atoms with van der Waals surface area (Å²) in [6.45, 7) is 0. The minimum Gasteiger partial charge on any atom is -0.441 e. The van der Waals surface area contributed by atoms with E-state index in [1.807, 2.05) is 0 Å². The van der Waals surface area contributed by atoms with Crippen molar-refractivity contribution in [3.63, 3.8) is 0 Å². The van der Waals surface area contributed by atoms with Crippen LogP contribution >= 0.6 is 0 Å². The van der Waals surface area contributed by atoms with Crippen LogP contribution in [0.1, 0.15) is 0 Å². The van der Waals surface area contributed by atoms with Crippen LogP contribution in [-0.2, 0) is 0 Å². The Bertz CT molecular complexity index is 395. The Labute approximate surface area is 47.8 Å². The van der Waals surface area contributed by atoms with Crippen molar-refractivity contribution in [1.82, 2.24) is 0 Å². The van der Waals surface area contributed by atoms with Gasteiger partial charge in [0.25, 0.3) is 0 Å². The van der Waals surface area contributed by atoms with Crippen LogP contribution in [0.25, 0.3) is 33.5 Å². The van der Waals surface area contributed by atoms with Gasteiger partial charge in [0.2, 0.25) is 33.5 Å². The Hall–Kier alpha value is -1.38. The van der Waals surface area contributed by atoms with Gasteiger partial charge in [0.1, 0.15) is 0 Å². The lowest BCUT2D eigenvalue weighted by molar-refractivity contribution is 0.735. The predicted octanol–water partition coefficient (Wildman–Crippen LogP) is 2.24. The Morgan fingerprint density at radius 2 is 0.667 bits per heavy atom. The van der Waals surface area contributed by atoms with Crippen molar-refractivity contribution in [3.05, 3.63) is 0 Å². The van der Waals surface area contributed by atoms with Gasteiger partial charge in [-0.15, -0.1) is 0 Å². The predicted molar refractivity (Wildman–Crippen MR) is 29.3 cm³/mol. The summed E-state index contributed by atoms with van der Waals surface area (Å²) >= 11 is 0. The van der Waals surface area contributed by atoms with Gasteiger partial charge < -0.3 is 13.3 Å². The van der Waals surface area contributed by atoms with Crippen molar-refractivity contribution in [2.24, 2.45) is 0 Å². The lowest BCUT2D eigenvalue weighted by Gasteiger charge is -1.41. The van der Waals surface area contributed by atoms with Gasteiger partial charge in [-0.2, -0.15) is 0 Å². The Kier molecular flexibility index (Phi) is 0.179. The maximum Gasteiger partial charge on any atom is 0.220 e. The zero-order valence-corrected chi connectivity index (χ0v) is 4.22. The molecule has 0 amide bonds. The first-order valence-corrected chi connectivity index (χ1v) is 2.72. The van der Waals surface area contributed by atoms with E-state index in [4.69, 9.17) is 13.3 Å². The van der Waals surface area contributed by atoms with Crippen LogP contribution in [0, 0.1) is 0 Å². The molecule has 3 heterocycles. The largest absolute Gasteiger partial charge is 0.441 e. The van der Waals surface area contributed by atoms with Gasteiger partial charge in [0, 0.05) is 0 Å². The third kappa shape index (κ3) is 0.173. The van der Waals surface area contributed by atoms with E-state index in [2.05, 4.69) is 0 Å². The summed E-state index contributed by atoms with van der Waals surface area (Å²) < 4.78 is 15.2. The van der Waals surface area contributed by atoms with E-state index in [1.54, 1.807) is 0 Å². The fourth-order valence-electron chi connectivity index (χ4n) is 1.13. The van der Waals surface area contributed by atoms with Crippen LogP contribution in [0.3, 0.4) is 0 Å². The van der Waals surface area contributed by atoms with Crippen LogP contribution in [0.5, 0.6) is 0 Å². The maximum atomic E-state index is 5.05. The molecule has 0 saturated carbocycles. The molecule has 0 N–H and O–H groups in total. The van der Waals surface area contributed by atoms with E-state index in [1.165, 1.54) is 0 Å². The molecule has 0 saturated heterocycles. The average molecular weight is 120 g/mol. The number of fused-ring (bicyclic) bond motifs is 6. The summed E-state index contributed by atoms with van der Waals surface area (Å²) in [5.41, 5.74) is 5.34. The van der Waals surface area contributed by atoms with Crippen molar-refractivity contribution in [2.45, 2.75) is 0 Å². The molecule has 0 aliphatic heterocycles. The number of hydrogen-bond acceptors (Lipinski definition) is 3. The quantitative estimate of drug-likeness (QED) is 0.357. The molecule has 42 valence electrons. The maximum absolute atomic E-state index is 5.05. The van der Waals surface area contributed by atoms with Crippen LogP contribution in [0.2, 0.25) is 0 Å². The molecule has 0 aliphatic rings. The number of rotatable bonds is 0. The highest BCUT2D eigenvalue weighted by atomic mass is 16.5. The topological polar surface area (TPSA) is 39.4 Å². The standard InChI is InChI=1S/C6O3/c7-1-2(7)4-6(9-4)5-3(1)8-5. The van der Waals surface area contributed by atoms with Crippen LogP contribution in [0.15, 0.2) is 13.3 Å². The summed E-state index contributed by atoms with van der Waals surface area (Å²) in [5, 5.41) is 0. The molecule has 4 aromatic rings. The number of benzene rings is 1. The van der Waals surface area contributed by atoms with E-state index in [-0.39, 0.29) is 0 Å². The molecule has 0 unspecified atom stereocenters. The summed E-state index contributed by atoms with van der Waals surface area (Å²) in [4.78, 5) is 0. The number of hydrogen-bond donors (Lipinski definition) is 0. The second kappa shape index (κ2) is 0.543. The van der Waals surface area contributed by atoms with Gasteiger partial charge in [-0.05, 0) is 0 Å². The second-order valence-corrected chi connectivity index (χ2v) is 2.28. The van der Waals surface area contributed by atoms with Crippen molar-refractivity contribution in [3.8, 4) is 0 Å². The fourth-order valence-corrected chi connectivity index (χ4v) is 1.13. The second-order valence-electron chi connectivity index (χ2n) is 2.28. The van der Waals surface area contributed by atoms with E-state index in [0.29, 0.717) is 0 Å². The highest BCUT2D eigenvalue weighted by molar-refractivity contribution is 6.24. The molecular weight excluding hydrogens is 120 g/mol. The molecular formula is C6O3. The fraction of sp³-hybridized carbons (Fsp3) is 0. The minimum atomic E-state index is 0.890. The molecule has 1 aromatic carbocycles. The molecule has 0 aliphatic carbocycles. The summed E-state index contributed by atoms with van der Waals surface area (Å²) in [5.74, 6) is 0. The van der Waals surface area contributed by atoms with Crippen molar-refractivity contribution < 1.29 is 13.3 Å². The molecule has 0 spiro atoms. The molecule has 3 heteroatoms. The lowest BCUT2D eigenvalue weighted by atomic mass is 10.4. The zero-order valence-electron chi connectivity index (χ0n) is 4.22. The third-order valence-corrected chi connectivity index (χ3v) is 1.72. The molecule has 3 aromatic heterocycles. The van der Waals surface area contributed by atoms with Crippen molar-refractivity contribution >= 4 is 33.5 Å². The van der Waals surface area contributed by atoms with Gasteiger partial charge >= 0.3 is 0 Å². The molecule has 4 rings (SSSR count).